The molecule has 1 rings (SSSR count). The van der Waals surface area contributed by atoms with Crippen molar-refractivity contribution in [1.29, 1.82) is 0 Å². The standard InChI is InChI=1S/C11H16N2O4/c1-8-6-10(15)9(7-13-8)11(16)12-2-4-17-5-3-14/h6-7,14H,2-5H2,1H3,(H,12,16)(H,13,15). The Balaban J connectivity index is 2.45. The Morgan fingerprint density at radius 1 is 1.53 bits per heavy atom. The summed E-state index contributed by atoms with van der Waals surface area (Å²) in [6, 6.07) is 1.37. The number of aliphatic hydroxyl groups is 1. The molecule has 1 heterocycles. The maximum Gasteiger partial charge on any atom is 0.256 e. The Kier molecular flexibility index (Phi) is 5.38. The van der Waals surface area contributed by atoms with Crippen molar-refractivity contribution in [3.05, 3.63) is 33.7 Å². The first-order valence-electron chi connectivity index (χ1n) is 5.31. The van der Waals surface area contributed by atoms with Gasteiger partial charge in [-0.05, 0) is 6.92 Å². The zero-order chi connectivity index (χ0) is 12.7. The molecule has 17 heavy (non-hydrogen) atoms. The van der Waals surface area contributed by atoms with E-state index >= 15 is 0 Å². The summed E-state index contributed by atoms with van der Waals surface area (Å²) in [6.45, 7) is 2.53. The van der Waals surface area contributed by atoms with E-state index in [2.05, 4.69) is 10.3 Å². The third-order valence-corrected chi connectivity index (χ3v) is 2.07. The van der Waals surface area contributed by atoms with E-state index < -0.39 is 5.91 Å². The number of H-pyrrole nitrogens is 1. The zero-order valence-electron chi connectivity index (χ0n) is 9.66. The molecule has 0 aliphatic carbocycles. The minimum absolute atomic E-state index is 0.0500. The van der Waals surface area contributed by atoms with Crippen LogP contribution in [0, 0.1) is 6.92 Å². The van der Waals surface area contributed by atoms with Gasteiger partial charge < -0.3 is 20.1 Å². The fourth-order valence-corrected chi connectivity index (χ4v) is 1.25. The average Bonchev–Trinajstić information content (AvgIpc) is 2.28. The second-order valence-electron chi connectivity index (χ2n) is 3.49. The first kappa shape index (κ1) is 13.4. The predicted molar refractivity (Wildman–Crippen MR) is 62.0 cm³/mol. The number of nitrogens with one attached hydrogen (secondary N) is 2. The number of pyridine rings is 1. The number of rotatable bonds is 6. The average molecular weight is 240 g/mol. The molecule has 6 heteroatoms. The minimum Gasteiger partial charge on any atom is -0.394 e. The molecule has 0 fully saturated rings. The molecule has 0 spiro atoms. The van der Waals surface area contributed by atoms with Gasteiger partial charge in [0.1, 0.15) is 5.56 Å². The summed E-state index contributed by atoms with van der Waals surface area (Å²) in [6.07, 6.45) is 1.39. The molecule has 0 unspecified atom stereocenters. The summed E-state index contributed by atoms with van der Waals surface area (Å²) >= 11 is 0. The zero-order valence-corrected chi connectivity index (χ0v) is 9.66. The van der Waals surface area contributed by atoms with E-state index in [1.807, 2.05) is 0 Å². The summed E-state index contributed by atoms with van der Waals surface area (Å²) in [5, 5.41) is 11.0. The minimum atomic E-state index is -0.432. The molecule has 0 aliphatic heterocycles. The monoisotopic (exact) mass is 240 g/mol. The number of aliphatic hydroxyl groups excluding tert-OH is 1. The third-order valence-electron chi connectivity index (χ3n) is 2.07. The van der Waals surface area contributed by atoms with E-state index in [1.165, 1.54) is 12.3 Å². The first-order valence-corrected chi connectivity index (χ1v) is 5.31. The predicted octanol–water partition coefficient (Wildman–Crippen LogP) is -0.578. The molecule has 94 valence electrons. The van der Waals surface area contributed by atoms with E-state index in [0.717, 1.165) is 0 Å². The topological polar surface area (TPSA) is 91.4 Å². The van der Waals surface area contributed by atoms with Crippen molar-refractivity contribution in [3.63, 3.8) is 0 Å². The van der Waals surface area contributed by atoms with Gasteiger partial charge in [0, 0.05) is 24.5 Å². The number of hydrogen-bond acceptors (Lipinski definition) is 4. The Morgan fingerprint density at radius 2 is 2.29 bits per heavy atom. The van der Waals surface area contributed by atoms with Crippen LogP contribution in [-0.2, 0) is 4.74 Å². The lowest BCUT2D eigenvalue weighted by Crippen LogP contribution is -2.31. The van der Waals surface area contributed by atoms with Gasteiger partial charge in [-0.1, -0.05) is 0 Å². The SMILES string of the molecule is Cc1cc(=O)c(C(=O)NCCOCCO)c[nH]1. The van der Waals surface area contributed by atoms with Crippen LogP contribution in [0.5, 0.6) is 0 Å². The third kappa shape index (κ3) is 4.38. The van der Waals surface area contributed by atoms with E-state index in [4.69, 9.17) is 9.84 Å². The number of ether oxygens (including phenoxy) is 1. The summed E-state index contributed by atoms with van der Waals surface area (Å²) in [4.78, 5) is 25.9. The number of aromatic nitrogens is 1. The van der Waals surface area contributed by atoms with Crippen LogP contribution in [0.2, 0.25) is 0 Å². The molecule has 0 aromatic carbocycles. The highest BCUT2D eigenvalue weighted by Crippen LogP contribution is 1.91. The first-order chi connectivity index (χ1) is 8.15. The van der Waals surface area contributed by atoms with Gasteiger partial charge in [-0.3, -0.25) is 9.59 Å². The fraction of sp³-hybridized carbons (Fsp3) is 0.455. The molecule has 0 saturated carbocycles. The van der Waals surface area contributed by atoms with Crippen molar-refractivity contribution in [1.82, 2.24) is 10.3 Å². The van der Waals surface area contributed by atoms with Crippen LogP contribution in [0.4, 0.5) is 0 Å². The molecular weight excluding hydrogens is 224 g/mol. The second kappa shape index (κ2) is 6.82. The van der Waals surface area contributed by atoms with Crippen LogP contribution in [0.25, 0.3) is 0 Å². The molecular formula is C11H16N2O4. The molecule has 0 saturated heterocycles. The Labute approximate surface area is 98.6 Å². The highest BCUT2D eigenvalue weighted by atomic mass is 16.5. The number of hydrogen-bond donors (Lipinski definition) is 3. The number of carbonyl (C=O) groups is 1. The largest absolute Gasteiger partial charge is 0.394 e. The van der Waals surface area contributed by atoms with Gasteiger partial charge in [0.15, 0.2) is 5.43 Å². The van der Waals surface area contributed by atoms with Crippen LogP contribution < -0.4 is 10.7 Å². The van der Waals surface area contributed by atoms with Gasteiger partial charge in [0.2, 0.25) is 0 Å². The van der Waals surface area contributed by atoms with Crippen molar-refractivity contribution < 1.29 is 14.6 Å². The van der Waals surface area contributed by atoms with Crippen LogP contribution >= 0.6 is 0 Å². The summed E-state index contributed by atoms with van der Waals surface area (Å²) in [5.41, 5.74) is 0.477. The van der Waals surface area contributed by atoms with Gasteiger partial charge in [-0.25, -0.2) is 0 Å². The summed E-state index contributed by atoms with van der Waals surface area (Å²) in [7, 11) is 0. The maximum atomic E-state index is 11.6. The molecule has 3 N–H and O–H groups in total. The van der Waals surface area contributed by atoms with Gasteiger partial charge >= 0.3 is 0 Å². The lowest BCUT2D eigenvalue weighted by Gasteiger charge is -2.05. The Bertz CT molecular complexity index is 428. The van der Waals surface area contributed by atoms with Crippen molar-refractivity contribution >= 4 is 5.91 Å². The number of amides is 1. The van der Waals surface area contributed by atoms with Crippen molar-refractivity contribution in [2.45, 2.75) is 6.92 Å². The van der Waals surface area contributed by atoms with Gasteiger partial charge in [0.25, 0.3) is 5.91 Å². The molecule has 1 aromatic heterocycles. The lowest BCUT2D eigenvalue weighted by molar-refractivity contribution is 0.0837. The highest BCUT2D eigenvalue weighted by molar-refractivity contribution is 5.93. The number of aromatic amines is 1. The van der Waals surface area contributed by atoms with Gasteiger partial charge in [-0.15, -0.1) is 0 Å². The highest BCUT2D eigenvalue weighted by Gasteiger charge is 2.08. The van der Waals surface area contributed by atoms with E-state index in [9.17, 15) is 9.59 Å². The van der Waals surface area contributed by atoms with Crippen LogP contribution in [-0.4, -0.2) is 42.4 Å². The lowest BCUT2D eigenvalue weighted by atomic mass is 10.2. The Hall–Kier alpha value is -1.66. The van der Waals surface area contributed by atoms with Crippen molar-refractivity contribution in [2.75, 3.05) is 26.4 Å². The fourth-order valence-electron chi connectivity index (χ4n) is 1.25. The molecule has 6 nitrogen and oxygen atoms in total. The van der Waals surface area contributed by atoms with E-state index in [0.29, 0.717) is 18.8 Å². The van der Waals surface area contributed by atoms with Crippen molar-refractivity contribution in [3.8, 4) is 0 Å². The normalized spacial score (nSPS) is 10.2. The molecule has 0 aliphatic rings. The molecule has 1 aromatic rings. The molecule has 0 atom stereocenters. The number of carbonyl (C=O) groups excluding carboxylic acids is 1. The smallest absolute Gasteiger partial charge is 0.256 e. The molecule has 1 amide bonds. The van der Waals surface area contributed by atoms with Gasteiger partial charge in [0.05, 0.1) is 19.8 Å². The molecule has 0 radical (unpaired) electrons. The van der Waals surface area contributed by atoms with E-state index in [-0.39, 0.29) is 24.2 Å². The number of aryl methyl sites for hydroxylation is 1. The quantitative estimate of drug-likeness (QED) is 0.580. The maximum absolute atomic E-state index is 11.6. The van der Waals surface area contributed by atoms with Crippen LogP contribution in [0.15, 0.2) is 17.1 Å². The van der Waals surface area contributed by atoms with Crippen molar-refractivity contribution in [2.24, 2.45) is 0 Å². The summed E-state index contributed by atoms with van der Waals surface area (Å²) < 4.78 is 4.97. The summed E-state index contributed by atoms with van der Waals surface area (Å²) in [5.74, 6) is -0.432. The molecule has 0 bridgehead atoms. The van der Waals surface area contributed by atoms with Crippen LogP contribution in [0.3, 0.4) is 0 Å². The van der Waals surface area contributed by atoms with E-state index in [1.54, 1.807) is 6.92 Å². The second-order valence-corrected chi connectivity index (χ2v) is 3.49. The van der Waals surface area contributed by atoms with Crippen LogP contribution in [0.1, 0.15) is 16.1 Å². The van der Waals surface area contributed by atoms with Gasteiger partial charge in [-0.2, -0.15) is 0 Å². The Morgan fingerprint density at radius 3 is 2.94 bits per heavy atom.